The van der Waals surface area contributed by atoms with Gasteiger partial charge in [0.2, 0.25) is 6.79 Å². The van der Waals surface area contributed by atoms with Gasteiger partial charge in [-0.25, -0.2) is 4.39 Å². The van der Waals surface area contributed by atoms with Crippen molar-refractivity contribution in [3.05, 3.63) is 64.6 Å². The zero-order valence-electron chi connectivity index (χ0n) is 13.5. The third-order valence-electron chi connectivity index (χ3n) is 5.10. The molecule has 0 saturated carbocycles. The van der Waals surface area contributed by atoms with Crippen LogP contribution in [0.15, 0.2) is 47.7 Å². The second kappa shape index (κ2) is 5.34. The summed E-state index contributed by atoms with van der Waals surface area (Å²) in [6.45, 7) is 0.175. The number of fused-ring (bicyclic) bond motifs is 2. The number of hydrogen-bond donors (Lipinski definition) is 1. The van der Waals surface area contributed by atoms with Crippen molar-refractivity contribution < 1.29 is 18.7 Å². The minimum absolute atomic E-state index is 0.0883. The molecule has 0 unspecified atom stereocenters. The molecule has 5 heteroatoms. The molecule has 0 aromatic heterocycles. The van der Waals surface area contributed by atoms with E-state index in [2.05, 4.69) is 5.32 Å². The van der Waals surface area contributed by atoms with Crippen LogP contribution >= 0.6 is 0 Å². The molecule has 1 aliphatic carbocycles. The highest BCUT2D eigenvalue weighted by Crippen LogP contribution is 2.49. The van der Waals surface area contributed by atoms with Gasteiger partial charge in [-0.05, 0) is 36.1 Å². The molecule has 1 N–H and O–H groups in total. The predicted molar refractivity (Wildman–Crippen MR) is 90.3 cm³/mol. The lowest BCUT2D eigenvalue weighted by Gasteiger charge is -2.34. The van der Waals surface area contributed by atoms with Crippen LogP contribution in [0, 0.1) is 5.82 Å². The second-order valence-electron chi connectivity index (χ2n) is 6.54. The van der Waals surface area contributed by atoms with E-state index in [-0.39, 0.29) is 18.4 Å². The summed E-state index contributed by atoms with van der Waals surface area (Å²) in [7, 11) is 0. The molecule has 1 atom stereocenters. The average Bonchev–Trinajstić information content (AvgIpc) is 3.06. The van der Waals surface area contributed by atoms with Crippen molar-refractivity contribution in [2.24, 2.45) is 0 Å². The third kappa shape index (κ3) is 2.15. The number of benzene rings is 2. The Hall–Kier alpha value is -2.82. The fourth-order valence-electron chi connectivity index (χ4n) is 3.98. The number of carbonyl (C=O) groups is 1. The summed E-state index contributed by atoms with van der Waals surface area (Å²) in [5.41, 5.74) is 3.81. The van der Waals surface area contributed by atoms with E-state index in [0.29, 0.717) is 29.1 Å². The number of hydrogen-bond acceptors (Lipinski definition) is 4. The summed E-state index contributed by atoms with van der Waals surface area (Å²) in [5.74, 6) is 0.669. The summed E-state index contributed by atoms with van der Waals surface area (Å²) in [6.07, 6.45) is 2.11. The van der Waals surface area contributed by atoms with Gasteiger partial charge < -0.3 is 14.8 Å². The molecule has 25 heavy (non-hydrogen) atoms. The van der Waals surface area contributed by atoms with E-state index in [0.717, 1.165) is 29.8 Å². The normalized spacial score (nSPS) is 20.8. The number of rotatable bonds is 1. The zero-order valence-corrected chi connectivity index (χ0v) is 13.5. The van der Waals surface area contributed by atoms with Crippen LogP contribution in [0.1, 0.15) is 36.3 Å². The van der Waals surface area contributed by atoms with Gasteiger partial charge in [0.25, 0.3) is 0 Å². The summed E-state index contributed by atoms with van der Waals surface area (Å²) >= 11 is 0. The van der Waals surface area contributed by atoms with Crippen molar-refractivity contribution in [2.45, 2.75) is 25.2 Å². The Morgan fingerprint density at radius 3 is 2.68 bits per heavy atom. The number of halogens is 1. The van der Waals surface area contributed by atoms with E-state index in [1.54, 1.807) is 18.2 Å². The van der Waals surface area contributed by atoms with Gasteiger partial charge in [0, 0.05) is 35.4 Å². The molecule has 2 aromatic rings. The zero-order chi connectivity index (χ0) is 17.0. The van der Waals surface area contributed by atoms with Crippen LogP contribution in [-0.4, -0.2) is 12.6 Å². The first kappa shape index (κ1) is 14.5. The van der Waals surface area contributed by atoms with Gasteiger partial charge in [-0.3, -0.25) is 4.79 Å². The first-order valence-electron chi connectivity index (χ1n) is 8.43. The molecular formula is C20H16FNO3. The van der Waals surface area contributed by atoms with Gasteiger partial charge in [-0.2, -0.15) is 0 Å². The summed E-state index contributed by atoms with van der Waals surface area (Å²) in [5, 5.41) is 3.38. The SMILES string of the molecule is O=C1CCCC2=C1[C@H](c1ccccc1F)c1cc3c(cc1N2)OCO3. The molecule has 2 heterocycles. The number of nitrogens with one attached hydrogen (secondary N) is 1. The average molecular weight is 337 g/mol. The van der Waals surface area contributed by atoms with Crippen molar-refractivity contribution in [2.75, 3.05) is 12.1 Å². The Balaban J connectivity index is 1.77. The highest BCUT2D eigenvalue weighted by Gasteiger charge is 2.37. The van der Waals surface area contributed by atoms with Crippen LogP contribution in [0.25, 0.3) is 0 Å². The van der Waals surface area contributed by atoms with Gasteiger partial charge in [0.15, 0.2) is 17.3 Å². The minimum atomic E-state index is -0.422. The molecule has 126 valence electrons. The molecule has 0 spiro atoms. The highest BCUT2D eigenvalue weighted by molar-refractivity contribution is 6.01. The van der Waals surface area contributed by atoms with Crippen molar-refractivity contribution in [1.82, 2.24) is 0 Å². The van der Waals surface area contributed by atoms with Crippen molar-refractivity contribution >= 4 is 11.5 Å². The molecule has 4 nitrogen and oxygen atoms in total. The van der Waals surface area contributed by atoms with Gasteiger partial charge in [-0.15, -0.1) is 0 Å². The summed E-state index contributed by atoms with van der Waals surface area (Å²) < 4.78 is 25.6. The van der Waals surface area contributed by atoms with Gasteiger partial charge in [0.1, 0.15) is 5.82 Å². The van der Waals surface area contributed by atoms with E-state index < -0.39 is 5.92 Å². The Morgan fingerprint density at radius 2 is 1.84 bits per heavy atom. The van der Waals surface area contributed by atoms with Crippen LogP contribution < -0.4 is 14.8 Å². The largest absolute Gasteiger partial charge is 0.454 e. The third-order valence-corrected chi connectivity index (χ3v) is 5.10. The Morgan fingerprint density at radius 1 is 1.04 bits per heavy atom. The number of Topliss-reactive ketones (excluding diaryl/α,β-unsaturated/α-hetero) is 1. The molecule has 2 aliphatic heterocycles. The lowest BCUT2D eigenvalue weighted by atomic mass is 9.75. The molecule has 5 rings (SSSR count). The van der Waals surface area contributed by atoms with Crippen LogP contribution in [-0.2, 0) is 4.79 Å². The number of ketones is 1. The Kier molecular flexibility index (Phi) is 3.10. The minimum Gasteiger partial charge on any atom is -0.454 e. The lowest BCUT2D eigenvalue weighted by Crippen LogP contribution is -2.27. The van der Waals surface area contributed by atoms with E-state index in [4.69, 9.17) is 9.47 Å². The van der Waals surface area contributed by atoms with Crippen molar-refractivity contribution in [3.8, 4) is 11.5 Å². The summed E-state index contributed by atoms with van der Waals surface area (Å²) in [6, 6.07) is 10.4. The molecule has 0 fully saturated rings. The lowest BCUT2D eigenvalue weighted by molar-refractivity contribution is -0.116. The Bertz CT molecular complexity index is 935. The number of anilines is 1. The smallest absolute Gasteiger partial charge is 0.231 e. The quantitative estimate of drug-likeness (QED) is 0.850. The first-order chi connectivity index (χ1) is 12.2. The Labute approximate surface area is 144 Å². The molecule has 0 radical (unpaired) electrons. The molecule has 0 amide bonds. The monoisotopic (exact) mass is 337 g/mol. The number of carbonyl (C=O) groups excluding carboxylic acids is 1. The van der Waals surface area contributed by atoms with Crippen molar-refractivity contribution in [3.63, 3.8) is 0 Å². The molecule has 0 saturated heterocycles. The standard InChI is InChI=1S/C20H16FNO3/c21-13-5-2-1-4-11(13)19-12-8-17-18(25-10-24-17)9-15(12)22-14-6-3-7-16(23)20(14)19/h1-2,4-5,8-9,19,22H,3,6-7,10H2/t19-/m1/s1. The number of allylic oxidation sites excluding steroid dienone is 2. The van der Waals surface area contributed by atoms with Gasteiger partial charge in [-0.1, -0.05) is 18.2 Å². The first-order valence-corrected chi connectivity index (χ1v) is 8.43. The predicted octanol–water partition coefficient (Wildman–Crippen LogP) is 4.12. The number of ether oxygens (including phenoxy) is 2. The fraction of sp³-hybridized carbons (Fsp3) is 0.250. The van der Waals surface area contributed by atoms with Crippen LogP contribution in [0.5, 0.6) is 11.5 Å². The van der Waals surface area contributed by atoms with E-state index in [1.807, 2.05) is 12.1 Å². The van der Waals surface area contributed by atoms with Gasteiger partial charge in [0.05, 0.1) is 0 Å². The van der Waals surface area contributed by atoms with E-state index in [1.165, 1.54) is 6.07 Å². The van der Waals surface area contributed by atoms with Crippen LogP contribution in [0.2, 0.25) is 0 Å². The topological polar surface area (TPSA) is 47.6 Å². The maximum atomic E-state index is 14.6. The van der Waals surface area contributed by atoms with Gasteiger partial charge >= 0.3 is 0 Å². The molecule has 3 aliphatic rings. The van der Waals surface area contributed by atoms with Crippen molar-refractivity contribution in [1.29, 1.82) is 0 Å². The van der Waals surface area contributed by atoms with Crippen LogP contribution in [0.4, 0.5) is 10.1 Å². The van der Waals surface area contributed by atoms with E-state index >= 15 is 0 Å². The molecule has 2 aromatic carbocycles. The summed E-state index contributed by atoms with van der Waals surface area (Å²) in [4.78, 5) is 12.7. The molecule has 0 bridgehead atoms. The molecular weight excluding hydrogens is 321 g/mol. The highest BCUT2D eigenvalue weighted by atomic mass is 19.1. The second-order valence-corrected chi connectivity index (χ2v) is 6.54. The van der Waals surface area contributed by atoms with E-state index in [9.17, 15) is 9.18 Å². The maximum absolute atomic E-state index is 14.6. The maximum Gasteiger partial charge on any atom is 0.231 e. The van der Waals surface area contributed by atoms with Crippen LogP contribution in [0.3, 0.4) is 0 Å². The fourth-order valence-corrected chi connectivity index (χ4v) is 3.98.